The zero-order valence-corrected chi connectivity index (χ0v) is 18.6. The maximum absolute atomic E-state index is 12.2. The van der Waals surface area contributed by atoms with E-state index < -0.39 is 37.2 Å². The first kappa shape index (κ1) is 25.2. The lowest BCUT2D eigenvalue weighted by Crippen LogP contribution is -2.32. The number of hydrogen-bond donors (Lipinski definition) is 3. The summed E-state index contributed by atoms with van der Waals surface area (Å²) in [6, 6.07) is 4.63. The van der Waals surface area contributed by atoms with Gasteiger partial charge >= 0.3 is 18.1 Å². The van der Waals surface area contributed by atoms with Crippen LogP contribution in [0, 0.1) is 0 Å². The van der Waals surface area contributed by atoms with Gasteiger partial charge in [0.1, 0.15) is 12.3 Å². The fraction of sp³-hybridized carbons (Fsp3) is 0.211. The van der Waals surface area contributed by atoms with Crippen LogP contribution in [0.2, 0.25) is 0 Å². The Hall–Kier alpha value is -3.06. The van der Waals surface area contributed by atoms with E-state index in [1.54, 1.807) is 11.4 Å². The molecule has 1 aromatic heterocycles. The summed E-state index contributed by atoms with van der Waals surface area (Å²) in [5.74, 6) is -3.43. The smallest absolute Gasteiger partial charge is 0.405 e. The van der Waals surface area contributed by atoms with Crippen LogP contribution in [0.4, 0.5) is 13.2 Å². The average Bonchev–Trinajstić information content (AvgIpc) is 3.04. The molecule has 1 aromatic carbocycles. The number of halogens is 4. The van der Waals surface area contributed by atoms with Crippen LogP contribution in [-0.4, -0.2) is 54.5 Å². The normalized spacial score (nSPS) is 11.4. The van der Waals surface area contributed by atoms with E-state index in [4.69, 9.17) is 14.6 Å². The highest BCUT2D eigenvalue weighted by atomic mass is 79.9. The summed E-state index contributed by atoms with van der Waals surface area (Å²) in [5, 5.41) is 19.9. The van der Waals surface area contributed by atoms with Crippen LogP contribution < -0.4 is 14.8 Å². The highest BCUT2D eigenvalue weighted by Gasteiger charge is 2.27. The Kier molecular flexibility index (Phi) is 8.27. The van der Waals surface area contributed by atoms with Crippen LogP contribution in [0.15, 0.2) is 28.7 Å². The van der Waals surface area contributed by atoms with Gasteiger partial charge in [0.25, 0.3) is 0 Å². The van der Waals surface area contributed by atoms with Gasteiger partial charge in [0.05, 0.1) is 16.5 Å². The predicted molar refractivity (Wildman–Crippen MR) is 112 cm³/mol. The maximum Gasteiger partial charge on any atom is 0.405 e. The largest absolute Gasteiger partial charge is 0.496 e. The number of aromatic carboxylic acids is 1. The van der Waals surface area contributed by atoms with E-state index >= 15 is 0 Å². The Bertz CT molecular complexity index is 1070. The number of rotatable bonds is 9. The molecule has 0 aliphatic heterocycles. The molecule has 8 nitrogen and oxygen atoms in total. The zero-order valence-electron chi connectivity index (χ0n) is 16.2. The standard InChI is InChI=1S/C19H15BrF3NO7S/c1-30-11-4-2-10(6-9(11)3-5-12(25)24-8-19(21,22)23)16-14(20)15(31-7-13(26)27)17(32-16)18(28)29/h2-6H,7-8H2,1H3,(H,24,25)(H,26,27)(H,28,29)/b5-3+. The minimum Gasteiger partial charge on any atom is -0.496 e. The number of hydrogen-bond acceptors (Lipinski definition) is 6. The number of carboxylic acids is 2. The molecule has 1 amide bonds. The number of alkyl halides is 3. The monoisotopic (exact) mass is 537 g/mol. The van der Waals surface area contributed by atoms with Crippen molar-refractivity contribution in [2.75, 3.05) is 20.3 Å². The number of nitrogens with one attached hydrogen (secondary N) is 1. The summed E-state index contributed by atoms with van der Waals surface area (Å²) in [6.07, 6.45) is -2.40. The molecule has 0 unspecified atom stereocenters. The number of methoxy groups -OCH3 is 1. The predicted octanol–water partition coefficient (Wildman–Crippen LogP) is 4.04. The molecule has 2 rings (SSSR count). The van der Waals surface area contributed by atoms with E-state index in [1.165, 1.54) is 25.3 Å². The molecule has 1 heterocycles. The Morgan fingerprint density at radius 3 is 2.50 bits per heavy atom. The maximum atomic E-state index is 12.2. The number of ether oxygens (including phenoxy) is 2. The SMILES string of the molecule is COc1ccc(-c2sc(C(=O)O)c(OCC(=O)O)c2Br)cc1/C=C/C(=O)NCC(F)(F)F. The van der Waals surface area contributed by atoms with Gasteiger partial charge in [-0.2, -0.15) is 13.2 Å². The third kappa shape index (κ3) is 6.72. The molecule has 172 valence electrons. The van der Waals surface area contributed by atoms with Gasteiger partial charge in [0.2, 0.25) is 5.91 Å². The van der Waals surface area contributed by atoms with Gasteiger partial charge in [-0.15, -0.1) is 11.3 Å². The summed E-state index contributed by atoms with van der Waals surface area (Å²) < 4.78 is 47.2. The molecule has 0 radical (unpaired) electrons. The van der Waals surface area contributed by atoms with Crippen molar-refractivity contribution in [3.8, 4) is 21.9 Å². The Morgan fingerprint density at radius 2 is 1.94 bits per heavy atom. The molecule has 0 atom stereocenters. The minimum absolute atomic E-state index is 0.153. The summed E-state index contributed by atoms with van der Waals surface area (Å²) in [5.41, 5.74) is 0.794. The molecule has 0 aliphatic carbocycles. The third-order valence-corrected chi connectivity index (χ3v) is 5.94. The van der Waals surface area contributed by atoms with E-state index in [-0.39, 0.29) is 15.1 Å². The first-order valence-corrected chi connectivity index (χ1v) is 10.1. The van der Waals surface area contributed by atoms with Gasteiger partial charge in [-0.1, -0.05) is 0 Å². The van der Waals surface area contributed by atoms with E-state index in [0.29, 0.717) is 21.8 Å². The fourth-order valence-corrected chi connectivity index (χ4v) is 4.29. The number of amides is 1. The zero-order chi connectivity index (χ0) is 24.1. The topological polar surface area (TPSA) is 122 Å². The van der Waals surface area contributed by atoms with Crippen molar-refractivity contribution in [2.45, 2.75) is 6.18 Å². The lowest BCUT2D eigenvalue weighted by Gasteiger charge is -2.09. The summed E-state index contributed by atoms with van der Waals surface area (Å²) in [6.45, 7) is -2.23. The molecule has 2 aromatic rings. The highest BCUT2D eigenvalue weighted by Crippen LogP contribution is 2.46. The Balaban J connectivity index is 2.40. The average molecular weight is 538 g/mol. The van der Waals surface area contributed by atoms with Crippen LogP contribution in [0.5, 0.6) is 11.5 Å². The van der Waals surface area contributed by atoms with Gasteiger partial charge in [-0.3, -0.25) is 4.79 Å². The van der Waals surface area contributed by atoms with Crippen molar-refractivity contribution >= 4 is 51.2 Å². The lowest BCUT2D eigenvalue weighted by atomic mass is 10.1. The summed E-state index contributed by atoms with van der Waals surface area (Å²) in [7, 11) is 1.36. The molecular weight excluding hydrogens is 523 g/mol. The van der Waals surface area contributed by atoms with Gasteiger partial charge in [0, 0.05) is 11.6 Å². The van der Waals surface area contributed by atoms with Crippen molar-refractivity contribution in [1.29, 1.82) is 0 Å². The number of aliphatic carboxylic acids is 1. The quantitative estimate of drug-likeness (QED) is 0.412. The molecule has 0 spiro atoms. The van der Waals surface area contributed by atoms with Crippen LogP contribution in [0.3, 0.4) is 0 Å². The van der Waals surface area contributed by atoms with Crippen LogP contribution >= 0.6 is 27.3 Å². The molecule has 32 heavy (non-hydrogen) atoms. The first-order valence-electron chi connectivity index (χ1n) is 8.54. The molecular formula is C19H15BrF3NO7S. The van der Waals surface area contributed by atoms with E-state index in [2.05, 4.69) is 15.9 Å². The van der Waals surface area contributed by atoms with Crippen LogP contribution in [0.25, 0.3) is 16.5 Å². The number of benzene rings is 1. The van der Waals surface area contributed by atoms with Crippen molar-refractivity contribution in [1.82, 2.24) is 5.32 Å². The Labute approximate surface area is 191 Å². The second kappa shape index (κ2) is 10.5. The summed E-state index contributed by atoms with van der Waals surface area (Å²) in [4.78, 5) is 34.1. The summed E-state index contributed by atoms with van der Waals surface area (Å²) >= 11 is 4.05. The molecule has 0 saturated heterocycles. The van der Waals surface area contributed by atoms with Gasteiger partial charge in [-0.25, -0.2) is 9.59 Å². The third-order valence-electron chi connectivity index (χ3n) is 3.71. The van der Waals surface area contributed by atoms with Gasteiger partial charge in [0.15, 0.2) is 17.2 Å². The molecule has 13 heteroatoms. The van der Waals surface area contributed by atoms with E-state index in [1.807, 2.05) is 0 Å². The van der Waals surface area contributed by atoms with E-state index in [9.17, 15) is 32.7 Å². The van der Waals surface area contributed by atoms with Gasteiger partial charge in [-0.05, 0) is 45.8 Å². The van der Waals surface area contributed by atoms with Crippen LogP contribution in [-0.2, 0) is 9.59 Å². The van der Waals surface area contributed by atoms with Gasteiger partial charge < -0.3 is 25.0 Å². The fourth-order valence-electron chi connectivity index (χ4n) is 2.40. The van der Waals surface area contributed by atoms with Crippen molar-refractivity contribution in [2.24, 2.45) is 0 Å². The molecule has 3 N–H and O–H groups in total. The number of carbonyl (C=O) groups excluding carboxylic acids is 1. The van der Waals surface area contributed by atoms with Crippen LogP contribution in [0.1, 0.15) is 15.2 Å². The Morgan fingerprint density at radius 1 is 1.25 bits per heavy atom. The molecule has 0 bridgehead atoms. The van der Waals surface area contributed by atoms with E-state index in [0.717, 1.165) is 17.4 Å². The highest BCUT2D eigenvalue weighted by molar-refractivity contribution is 9.10. The van der Waals surface area contributed by atoms with Crippen molar-refractivity contribution in [3.63, 3.8) is 0 Å². The first-order chi connectivity index (χ1) is 14.9. The molecule has 0 fully saturated rings. The number of carbonyl (C=O) groups is 3. The second-order valence-corrected chi connectivity index (χ2v) is 7.83. The van der Waals surface area contributed by atoms with Crippen molar-refractivity contribution in [3.05, 3.63) is 39.2 Å². The molecule has 0 saturated carbocycles. The number of carboxylic acid groups (broad SMARTS) is 2. The minimum atomic E-state index is -4.55. The van der Waals surface area contributed by atoms with Crippen molar-refractivity contribution < 1.29 is 47.2 Å². The number of thiophene rings is 1. The second-order valence-electron chi connectivity index (χ2n) is 6.01. The molecule has 0 aliphatic rings. The lowest BCUT2D eigenvalue weighted by molar-refractivity contribution is -0.139.